The summed E-state index contributed by atoms with van der Waals surface area (Å²) in [5.41, 5.74) is 0. The van der Waals surface area contributed by atoms with Crippen LogP contribution in [0.1, 0.15) is 0 Å². The Hall–Kier alpha value is -0.0931. The van der Waals surface area contributed by atoms with Gasteiger partial charge in [-0.3, -0.25) is 0 Å². The first-order valence-corrected chi connectivity index (χ1v) is 9.88. The molecule has 13 heteroatoms. The molecule has 0 radical (unpaired) electrons. The number of hydrogen-bond acceptors (Lipinski definition) is 1. The van der Waals surface area contributed by atoms with Gasteiger partial charge in [-0.05, 0) is 0 Å². The molecule has 0 aliphatic rings. The minimum absolute atomic E-state index is 0.594. The van der Waals surface area contributed by atoms with Gasteiger partial charge in [-0.1, -0.05) is 0 Å². The van der Waals surface area contributed by atoms with Crippen LogP contribution in [0, 0.1) is 0 Å². The molecular weight excluding hydrogens is 337 g/mol. The molecule has 0 aromatic carbocycles. The zero-order valence-electron chi connectivity index (χ0n) is 9.64. The van der Waals surface area contributed by atoms with Crippen molar-refractivity contribution < 1.29 is 47.9 Å². The normalized spacial score (nSPS) is 18.1. The Morgan fingerprint density at radius 2 is 0.895 bits per heavy atom. The van der Waals surface area contributed by atoms with Gasteiger partial charge in [0.1, 0.15) is 0 Å². The van der Waals surface area contributed by atoms with Gasteiger partial charge in [0.05, 0.1) is 0 Å². The van der Waals surface area contributed by atoms with Crippen molar-refractivity contribution in [2.75, 3.05) is 0 Å². The zero-order valence-corrected chi connectivity index (χ0v) is 11.5. The van der Waals surface area contributed by atoms with E-state index in [2.05, 4.69) is 4.21 Å². The van der Waals surface area contributed by atoms with Crippen LogP contribution in [0.2, 0.25) is 19.6 Å². The molecule has 0 N–H and O–H groups in total. The molecule has 0 saturated carbocycles. The van der Waals surface area contributed by atoms with Gasteiger partial charge < -0.3 is 0 Å². The van der Waals surface area contributed by atoms with Crippen LogP contribution in [-0.2, 0) is 4.21 Å². The van der Waals surface area contributed by atoms with Crippen molar-refractivity contribution in [3.63, 3.8) is 0 Å². The summed E-state index contributed by atoms with van der Waals surface area (Å²) in [6, 6.07) is 0. The van der Waals surface area contributed by atoms with E-state index in [1.54, 1.807) is 0 Å². The van der Waals surface area contributed by atoms with Gasteiger partial charge in [-0.15, -0.1) is 0 Å². The Bertz CT molecular complexity index is 310. The van der Waals surface area contributed by atoms with E-state index in [4.69, 9.17) is 0 Å². The minimum atomic E-state index is -9.98. The molecule has 0 unspecified atom stereocenters. The Morgan fingerprint density at radius 1 is 0.684 bits per heavy atom. The van der Waals surface area contributed by atoms with Crippen LogP contribution in [-0.4, -0.2) is 26.1 Å². The van der Waals surface area contributed by atoms with Crippen LogP contribution < -0.4 is 0 Å². The first kappa shape index (κ1) is 18.9. The van der Waals surface area contributed by atoms with Crippen LogP contribution in [0.15, 0.2) is 0 Å². The maximum absolute atomic E-state index is 13.8. The third-order valence-corrected chi connectivity index (χ3v) is 8.08. The van der Waals surface area contributed by atoms with E-state index in [9.17, 15) is 43.7 Å². The molecule has 0 aromatic heterocycles. The molecule has 0 aliphatic carbocycles. The van der Waals surface area contributed by atoms with Crippen molar-refractivity contribution in [3.05, 3.63) is 0 Å². The Morgan fingerprint density at radius 3 is 0.947 bits per heavy atom. The van der Waals surface area contributed by atoms with E-state index >= 15 is 0 Å². The molecule has 0 bridgehead atoms. The summed E-state index contributed by atoms with van der Waals surface area (Å²) in [5.74, 6) is -21.7. The molecule has 0 aromatic rings. The van der Waals surface area contributed by atoms with E-state index in [1.807, 2.05) is 0 Å². The fourth-order valence-corrected chi connectivity index (χ4v) is 7.32. The molecule has 0 heterocycles. The molecule has 0 atom stereocenters. The molecule has 0 amide bonds. The molecule has 118 valence electrons. The molecule has 0 spiro atoms. The summed E-state index contributed by atoms with van der Waals surface area (Å²) >= 11 is 0. The molecule has 0 fully saturated rings. The summed E-state index contributed by atoms with van der Waals surface area (Å²) in [6.45, 7) is 1.78. The molecular formula is C6H9F10OPSi. The average Bonchev–Trinajstić information content (AvgIpc) is 1.93. The third kappa shape index (κ3) is 2.46. The average molecular weight is 346 g/mol. The second-order valence-electron chi connectivity index (χ2n) is 4.54. The van der Waals surface area contributed by atoms with Crippen molar-refractivity contribution in [2.24, 2.45) is 0 Å². The van der Waals surface area contributed by atoms with Crippen LogP contribution in [0.5, 0.6) is 0 Å². The van der Waals surface area contributed by atoms with Gasteiger partial charge in [0.15, 0.2) is 0 Å². The Balaban J connectivity index is 6.60. The van der Waals surface area contributed by atoms with Crippen LogP contribution in [0.3, 0.4) is 0 Å². The summed E-state index contributed by atoms with van der Waals surface area (Å²) < 4.78 is 129. The fourth-order valence-electron chi connectivity index (χ4n) is 1.10. The Labute approximate surface area is 102 Å². The fraction of sp³-hybridized carbons (Fsp3) is 1.00. The van der Waals surface area contributed by atoms with Crippen LogP contribution >= 0.6 is 7.14 Å². The Kier molecular flexibility index (Phi) is 4.18. The van der Waals surface area contributed by atoms with Crippen molar-refractivity contribution >= 4 is 15.5 Å². The summed E-state index contributed by atoms with van der Waals surface area (Å²) in [6.07, 6.45) is 0. The van der Waals surface area contributed by atoms with Gasteiger partial charge in [0, 0.05) is 0 Å². The van der Waals surface area contributed by atoms with E-state index in [0.29, 0.717) is 19.6 Å². The molecule has 1 nitrogen and oxygen atoms in total. The zero-order chi connectivity index (χ0) is 16.2. The quantitative estimate of drug-likeness (QED) is 0.351. The molecule has 0 saturated heterocycles. The van der Waals surface area contributed by atoms with E-state index in [1.165, 1.54) is 0 Å². The van der Waals surface area contributed by atoms with Gasteiger partial charge in [-0.25, -0.2) is 0 Å². The molecule has 0 aliphatic heterocycles. The van der Waals surface area contributed by atoms with Gasteiger partial charge in [0.2, 0.25) is 0 Å². The number of hydrogen-bond donors (Lipinski definition) is 0. The topological polar surface area (TPSA) is 9.23 Å². The van der Waals surface area contributed by atoms with Crippen molar-refractivity contribution in [1.29, 1.82) is 0 Å². The second kappa shape index (κ2) is 4.20. The number of rotatable bonds is 2. The van der Waals surface area contributed by atoms with Gasteiger partial charge >= 0.3 is 101 Å². The second-order valence-corrected chi connectivity index (χ2v) is 12.9. The van der Waals surface area contributed by atoms with Gasteiger partial charge in [-0.2, -0.15) is 0 Å². The van der Waals surface area contributed by atoms with E-state index < -0.39 is 33.2 Å². The van der Waals surface area contributed by atoms with Crippen LogP contribution in [0.25, 0.3) is 0 Å². The predicted molar refractivity (Wildman–Crippen MR) is 50.6 cm³/mol. The van der Waals surface area contributed by atoms with Crippen molar-refractivity contribution in [2.45, 2.75) is 37.4 Å². The van der Waals surface area contributed by atoms with Gasteiger partial charge in [0.25, 0.3) is 0 Å². The first-order chi connectivity index (χ1) is 7.79. The molecule has 19 heavy (non-hydrogen) atoms. The monoisotopic (exact) mass is 346 g/mol. The maximum atomic E-state index is 13.8. The van der Waals surface area contributed by atoms with Crippen LogP contribution in [0.4, 0.5) is 43.7 Å². The number of halogens is 10. The SMILES string of the molecule is C[Si](C)(C)OP(F)(C(F)(F)F)(C(F)(F)F)C(F)(F)F. The van der Waals surface area contributed by atoms with Crippen molar-refractivity contribution in [1.82, 2.24) is 0 Å². The third-order valence-electron chi connectivity index (χ3n) is 1.80. The first-order valence-electron chi connectivity index (χ1n) is 4.43. The predicted octanol–water partition coefficient (Wildman–Crippen LogP) is 5.75. The summed E-state index contributed by atoms with van der Waals surface area (Å²) in [7, 11) is -14.1. The summed E-state index contributed by atoms with van der Waals surface area (Å²) in [5, 5.41) is 0. The van der Waals surface area contributed by atoms with E-state index in [0.717, 1.165) is 0 Å². The molecule has 0 rings (SSSR count). The number of alkyl halides is 9. The van der Waals surface area contributed by atoms with Crippen molar-refractivity contribution in [3.8, 4) is 0 Å². The standard InChI is InChI=1S/C6H9F10OPSi/c1-19(2,3)17-18(16,4(7,8)9,5(10,11)12)6(13,14)15/h1-3H3. The van der Waals surface area contributed by atoms with E-state index in [-0.39, 0.29) is 0 Å². The summed E-state index contributed by atoms with van der Waals surface area (Å²) in [4.78, 5) is 0.